The fourth-order valence-corrected chi connectivity index (χ4v) is 6.61. The highest BCUT2D eigenvalue weighted by molar-refractivity contribution is 14.1. The second-order valence-electron chi connectivity index (χ2n) is 6.80. The maximum absolute atomic E-state index is 11.2. The normalized spacial score (nSPS) is 15.0. The number of aromatic nitrogens is 1. The van der Waals surface area contributed by atoms with Crippen LogP contribution in [0.5, 0.6) is 0 Å². The van der Waals surface area contributed by atoms with Gasteiger partial charge in [-0.3, -0.25) is 0 Å². The number of primary sulfonamides is 1. The van der Waals surface area contributed by atoms with Crippen molar-refractivity contribution in [3.8, 4) is 0 Å². The van der Waals surface area contributed by atoms with Gasteiger partial charge in [0.1, 0.15) is 0 Å². The molecule has 0 fully saturated rings. The van der Waals surface area contributed by atoms with Gasteiger partial charge in [-0.25, -0.2) is 18.5 Å². The monoisotopic (exact) mass is 476 g/mol. The number of thiazole rings is 1. The maximum atomic E-state index is 11.2. The average Bonchev–Trinajstić information content (AvgIpc) is 2.75. The van der Waals surface area contributed by atoms with E-state index in [0.29, 0.717) is 0 Å². The van der Waals surface area contributed by atoms with Crippen LogP contribution in [0.2, 0.25) is 18.1 Å². The van der Waals surface area contributed by atoms with E-state index in [0.717, 1.165) is 35.6 Å². The molecule has 0 radical (unpaired) electrons. The van der Waals surface area contributed by atoms with E-state index < -0.39 is 18.3 Å². The fourth-order valence-electron chi connectivity index (χ4n) is 1.51. The molecule has 0 aliphatic rings. The summed E-state index contributed by atoms with van der Waals surface area (Å²) in [6.45, 7) is 11.2. The average molecular weight is 476 g/mol. The lowest BCUT2D eigenvalue weighted by molar-refractivity contribution is 0.262. The number of hydrogen-bond acceptors (Lipinski definition) is 5. The van der Waals surface area contributed by atoms with Crippen molar-refractivity contribution in [3.05, 3.63) is 11.2 Å². The Morgan fingerprint density at radius 3 is 2.50 bits per heavy atom. The van der Waals surface area contributed by atoms with Crippen LogP contribution < -0.4 is 5.14 Å². The second kappa shape index (κ2) is 7.56. The number of hydrogen-bond donors (Lipinski definition) is 1. The van der Waals surface area contributed by atoms with E-state index in [2.05, 4.69) is 61.4 Å². The summed E-state index contributed by atoms with van der Waals surface area (Å²) in [5.41, 5.74) is 0. The minimum Gasteiger partial charge on any atom is -0.405 e. The number of nitrogens with zero attached hydrogens (tertiary/aromatic N) is 1. The second-order valence-corrected chi connectivity index (χ2v) is 15.8. The number of rotatable bonds is 7. The Kier molecular flexibility index (Phi) is 7.04. The number of halogens is 1. The molecule has 1 rings (SSSR count). The van der Waals surface area contributed by atoms with Gasteiger partial charge in [0.05, 0.1) is 15.3 Å². The third-order valence-electron chi connectivity index (χ3n) is 3.86. The van der Waals surface area contributed by atoms with Gasteiger partial charge in [0.25, 0.3) is 0 Å². The van der Waals surface area contributed by atoms with E-state index in [4.69, 9.17) is 9.56 Å². The zero-order valence-electron chi connectivity index (χ0n) is 13.7. The quantitative estimate of drug-likeness (QED) is 0.368. The van der Waals surface area contributed by atoms with E-state index in [-0.39, 0.29) is 13.4 Å². The van der Waals surface area contributed by atoms with Crippen LogP contribution in [0.15, 0.2) is 10.4 Å². The molecule has 1 aromatic rings. The molecule has 0 saturated carbocycles. The van der Waals surface area contributed by atoms with Gasteiger partial charge in [-0.05, 0) is 37.4 Å². The van der Waals surface area contributed by atoms with Crippen molar-refractivity contribution in [2.24, 2.45) is 5.14 Å². The summed E-state index contributed by atoms with van der Waals surface area (Å²) in [7, 11) is -5.36. The summed E-state index contributed by atoms with van der Waals surface area (Å²) < 4.78 is 29.0. The smallest absolute Gasteiger partial charge is 0.249 e. The van der Waals surface area contributed by atoms with Crippen molar-refractivity contribution in [2.45, 2.75) is 66.5 Å². The van der Waals surface area contributed by atoms with Crippen LogP contribution in [0.25, 0.3) is 0 Å². The largest absolute Gasteiger partial charge is 0.405 e. The lowest BCUT2D eigenvalue weighted by Gasteiger charge is -2.38. The van der Waals surface area contributed by atoms with Crippen molar-refractivity contribution in [1.29, 1.82) is 0 Å². The summed E-state index contributed by atoms with van der Waals surface area (Å²) in [4.78, 5) is 4.12. The Bertz CT molecular complexity index is 597. The molecule has 9 heteroatoms. The number of sulfonamides is 1. The van der Waals surface area contributed by atoms with Crippen molar-refractivity contribution in [2.75, 3.05) is 0 Å². The van der Waals surface area contributed by atoms with Crippen LogP contribution in [-0.2, 0) is 20.9 Å². The minimum atomic E-state index is -3.63. The van der Waals surface area contributed by atoms with Gasteiger partial charge in [0, 0.05) is 0 Å². The predicted octanol–water partition coefficient (Wildman–Crippen LogP) is 3.90. The Hall–Kier alpha value is 0.447. The zero-order valence-corrected chi connectivity index (χ0v) is 18.5. The Labute approximate surface area is 152 Å². The highest BCUT2D eigenvalue weighted by atomic mass is 127. The lowest BCUT2D eigenvalue weighted by atomic mass is 10.2. The maximum Gasteiger partial charge on any atom is 0.249 e. The van der Waals surface area contributed by atoms with Gasteiger partial charge in [0.2, 0.25) is 10.0 Å². The molecule has 0 spiro atoms. The van der Waals surface area contributed by atoms with Crippen molar-refractivity contribution in [1.82, 2.24) is 4.98 Å². The van der Waals surface area contributed by atoms with Gasteiger partial charge < -0.3 is 4.43 Å². The first-order valence-electron chi connectivity index (χ1n) is 7.12. The summed E-state index contributed by atoms with van der Waals surface area (Å²) in [5, 5.41) is 6.09. The third kappa shape index (κ3) is 6.15. The van der Waals surface area contributed by atoms with Crippen molar-refractivity contribution < 1.29 is 12.8 Å². The summed E-state index contributed by atoms with van der Waals surface area (Å²) in [6.07, 6.45) is 3.93. The van der Waals surface area contributed by atoms with Crippen LogP contribution in [0.3, 0.4) is 0 Å². The SMILES string of the molecule is CC(C)(C)[Si](C)(C)OC(I)CCCc1ncc(S(N)(=O)=O)s1. The predicted molar refractivity (Wildman–Crippen MR) is 103 cm³/mol. The highest BCUT2D eigenvalue weighted by Gasteiger charge is 2.38. The molecule has 2 N–H and O–H groups in total. The van der Waals surface area contributed by atoms with E-state index in [1.807, 2.05) is 0 Å². The molecule has 0 bridgehead atoms. The molecule has 22 heavy (non-hydrogen) atoms. The molecule has 5 nitrogen and oxygen atoms in total. The Morgan fingerprint density at radius 2 is 2.05 bits per heavy atom. The van der Waals surface area contributed by atoms with Gasteiger partial charge in [0.15, 0.2) is 12.5 Å². The standard InChI is InChI=1S/C13H25IN2O3S2Si/c1-13(2,3)22(4,5)19-10(14)7-6-8-11-16-9-12(20-11)21(15,17)18/h9-10H,6-8H2,1-5H3,(H2,15,17,18). The molecule has 0 amide bonds. The molecule has 1 unspecified atom stereocenters. The van der Waals surface area contributed by atoms with E-state index in [9.17, 15) is 8.42 Å². The van der Waals surface area contributed by atoms with Crippen molar-refractivity contribution >= 4 is 52.3 Å². The number of nitrogens with two attached hydrogens (primary N) is 1. The van der Waals surface area contributed by atoms with Crippen LogP contribution in [0.1, 0.15) is 38.6 Å². The molecule has 0 aromatic carbocycles. The lowest BCUT2D eigenvalue weighted by Crippen LogP contribution is -2.42. The van der Waals surface area contributed by atoms with Crippen LogP contribution in [0.4, 0.5) is 0 Å². The van der Waals surface area contributed by atoms with E-state index in [1.165, 1.54) is 6.20 Å². The molecular weight excluding hydrogens is 451 g/mol. The minimum absolute atomic E-state index is 0.131. The first-order valence-corrected chi connectivity index (χ1v) is 13.6. The molecule has 0 aliphatic carbocycles. The van der Waals surface area contributed by atoms with Crippen LogP contribution >= 0.6 is 33.9 Å². The van der Waals surface area contributed by atoms with Gasteiger partial charge in [-0.2, -0.15) is 0 Å². The molecule has 0 saturated heterocycles. The first kappa shape index (κ1) is 20.5. The van der Waals surface area contributed by atoms with Gasteiger partial charge in [-0.15, -0.1) is 11.3 Å². The summed E-state index contributed by atoms with van der Waals surface area (Å²) in [6, 6.07) is 0. The van der Waals surface area contributed by atoms with Crippen LogP contribution in [-0.4, -0.2) is 25.8 Å². The number of alkyl halides is 1. The first-order chi connectivity index (χ1) is 9.83. The van der Waals surface area contributed by atoms with E-state index >= 15 is 0 Å². The fraction of sp³-hybridized carbons (Fsp3) is 0.769. The summed E-state index contributed by atoms with van der Waals surface area (Å²) in [5.74, 6) is 0. The summed E-state index contributed by atoms with van der Waals surface area (Å²) >= 11 is 3.50. The van der Waals surface area contributed by atoms with Gasteiger partial charge >= 0.3 is 0 Å². The molecule has 128 valence electrons. The topological polar surface area (TPSA) is 82.3 Å². The molecule has 1 atom stereocenters. The zero-order chi connectivity index (χ0) is 17.2. The molecule has 1 aromatic heterocycles. The van der Waals surface area contributed by atoms with Crippen molar-refractivity contribution in [3.63, 3.8) is 0 Å². The number of aryl methyl sites for hydroxylation is 1. The molecular formula is C13H25IN2O3S2Si. The Balaban J connectivity index is 2.46. The Morgan fingerprint density at radius 1 is 1.45 bits per heavy atom. The van der Waals surface area contributed by atoms with Crippen LogP contribution in [0, 0.1) is 0 Å². The third-order valence-corrected chi connectivity index (χ3v) is 12.2. The highest BCUT2D eigenvalue weighted by Crippen LogP contribution is 2.38. The molecule has 1 heterocycles. The van der Waals surface area contributed by atoms with Gasteiger partial charge in [-0.1, -0.05) is 43.4 Å². The van der Waals surface area contributed by atoms with E-state index in [1.54, 1.807) is 0 Å². The molecule has 0 aliphatic heterocycles.